The first-order valence-electron chi connectivity index (χ1n) is 14.4. The first-order chi connectivity index (χ1) is 22.7. The van der Waals surface area contributed by atoms with E-state index < -0.39 is 0 Å². The van der Waals surface area contributed by atoms with E-state index >= 15 is 0 Å². The molecule has 46 heavy (non-hydrogen) atoms. The van der Waals surface area contributed by atoms with Gasteiger partial charge in [-0.25, -0.2) is 9.97 Å². The number of nitrogens with zero attached hydrogens (tertiary/aromatic N) is 6. The summed E-state index contributed by atoms with van der Waals surface area (Å²) in [5, 5.41) is 18.6. The molecule has 9 aromatic rings. The van der Waals surface area contributed by atoms with E-state index in [-0.39, 0.29) is 0 Å². The van der Waals surface area contributed by atoms with Gasteiger partial charge in [0.05, 0.1) is 20.4 Å². The Morgan fingerprint density at radius 3 is 1.28 bits per heavy atom. The predicted molar refractivity (Wildman–Crippen MR) is 181 cm³/mol. The van der Waals surface area contributed by atoms with Crippen LogP contribution < -0.4 is 0 Å². The van der Waals surface area contributed by atoms with Crippen LogP contribution in [0.3, 0.4) is 0 Å². The summed E-state index contributed by atoms with van der Waals surface area (Å²) in [6.45, 7) is 0. The first kappa shape index (κ1) is 26.6. The third kappa shape index (κ3) is 4.86. The van der Waals surface area contributed by atoms with Crippen LogP contribution >= 0.6 is 22.7 Å². The quantitative estimate of drug-likeness (QED) is 0.178. The predicted octanol–water partition coefficient (Wildman–Crippen LogP) is 9.67. The lowest BCUT2D eigenvalue weighted by molar-refractivity contribution is 0.582. The van der Waals surface area contributed by atoms with Crippen molar-refractivity contribution in [2.45, 2.75) is 0 Å². The molecule has 0 bridgehead atoms. The zero-order valence-corrected chi connectivity index (χ0v) is 25.5. The summed E-state index contributed by atoms with van der Waals surface area (Å²) >= 11 is 3.05. The highest BCUT2D eigenvalue weighted by Gasteiger charge is 2.18. The summed E-state index contributed by atoms with van der Waals surface area (Å²) in [6.07, 6.45) is 0. The smallest absolute Gasteiger partial charge is 0.277 e. The van der Waals surface area contributed by atoms with Crippen LogP contribution in [0.4, 0.5) is 0 Å². The highest BCUT2D eigenvalue weighted by atomic mass is 32.1. The third-order valence-electron chi connectivity index (χ3n) is 7.56. The number of rotatable bonds is 6. The molecule has 5 aromatic carbocycles. The van der Waals surface area contributed by atoms with Crippen molar-refractivity contribution in [3.8, 4) is 67.0 Å². The van der Waals surface area contributed by atoms with Gasteiger partial charge in [-0.05, 0) is 64.7 Å². The van der Waals surface area contributed by atoms with Gasteiger partial charge in [-0.1, -0.05) is 78.9 Å². The van der Waals surface area contributed by atoms with Gasteiger partial charge < -0.3 is 8.83 Å². The molecule has 0 unspecified atom stereocenters. The van der Waals surface area contributed by atoms with E-state index in [0.29, 0.717) is 33.6 Å². The molecule has 4 aromatic heterocycles. The maximum atomic E-state index is 6.09. The lowest BCUT2D eigenvalue weighted by Crippen LogP contribution is -1.82. The first-order valence-corrected chi connectivity index (χ1v) is 16.1. The summed E-state index contributed by atoms with van der Waals surface area (Å²) < 4.78 is 14.3. The third-order valence-corrected chi connectivity index (χ3v) is 9.58. The van der Waals surface area contributed by atoms with Crippen LogP contribution in [0.5, 0.6) is 0 Å². The minimum Gasteiger partial charge on any atom is -0.414 e. The second-order valence-electron chi connectivity index (χ2n) is 10.5. The largest absolute Gasteiger partial charge is 0.414 e. The highest BCUT2D eigenvalue weighted by Crippen LogP contribution is 2.36. The van der Waals surface area contributed by atoms with E-state index in [0.717, 1.165) is 53.8 Å². The van der Waals surface area contributed by atoms with Gasteiger partial charge in [0, 0.05) is 11.1 Å². The standard InChI is InChI=1S/C36H20N6O2S2/c1-3-8-21(9-4-1)23-14-16-27-29(19-23)45-35(37-27)33-41-39-31(43-33)25-12-7-13-26(18-25)32-40-42-34(44-32)36-38-28-17-15-24(20-30(28)46-36)22-10-5-2-6-11-22/h1-20H. The lowest BCUT2D eigenvalue weighted by atomic mass is 10.1. The fourth-order valence-electron chi connectivity index (χ4n) is 5.29. The lowest BCUT2D eigenvalue weighted by Gasteiger charge is -2.00. The molecule has 0 aliphatic rings. The molecule has 0 saturated heterocycles. The Bertz CT molecular complexity index is 2330. The van der Waals surface area contributed by atoms with E-state index in [1.807, 2.05) is 72.8 Å². The second-order valence-corrected chi connectivity index (χ2v) is 12.6. The number of benzene rings is 5. The molecule has 0 aliphatic carbocycles. The van der Waals surface area contributed by atoms with Gasteiger partial charge in [0.2, 0.25) is 11.8 Å². The van der Waals surface area contributed by atoms with Crippen LogP contribution in [0.25, 0.3) is 87.4 Å². The molecule has 218 valence electrons. The minimum absolute atomic E-state index is 0.370. The molecule has 10 heteroatoms. The number of fused-ring (bicyclic) bond motifs is 2. The average molecular weight is 633 g/mol. The maximum Gasteiger partial charge on any atom is 0.277 e. The molecule has 0 N–H and O–H groups in total. The Morgan fingerprint density at radius 2 is 0.804 bits per heavy atom. The number of hydrogen-bond donors (Lipinski definition) is 0. The van der Waals surface area contributed by atoms with Crippen molar-refractivity contribution in [1.29, 1.82) is 0 Å². The molecule has 0 saturated carbocycles. The summed E-state index contributed by atoms with van der Waals surface area (Å²) in [6, 6.07) is 40.6. The van der Waals surface area contributed by atoms with Gasteiger partial charge in [0.25, 0.3) is 11.8 Å². The fourth-order valence-corrected chi connectivity index (χ4v) is 7.14. The molecule has 0 spiro atoms. The van der Waals surface area contributed by atoms with Crippen molar-refractivity contribution < 1.29 is 8.83 Å². The Kier molecular flexibility index (Phi) is 6.32. The van der Waals surface area contributed by atoms with Gasteiger partial charge in [-0.3, -0.25) is 0 Å². The summed E-state index contributed by atoms with van der Waals surface area (Å²) in [7, 11) is 0. The van der Waals surface area contributed by atoms with Gasteiger partial charge in [-0.2, -0.15) is 0 Å². The molecule has 4 heterocycles. The topological polar surface area (TPSA) is 104 Å². The molecule has 0 atom stereocenters. The highest BCUT2D eigenvalue weighted by molar-refractivity contribution is 7.22. The van der Waals surface area contributed by atoms with Gasteiger partial charge in [-0.15, -0.1) is 43.1 Å². The summed E-state index contributed by atoms with van der Waals surface area (Å²) in [5.41, 5.74) is 7.83. The van der Waals surface area contributed by atoms with E-state index in [4.69, 9.17) is 18.8 Å². The van der Waals surface area contributed by atoms with Gasteiger partial charge in [0.15, 0.2) is 10.0 Å². The minimum atomic E-state index is 0.370. The number of thiazole rings is 2. The SMILES string of the molecule is c1ccc(-c2ccc3nc(-c4nnc(-c5cccc(-c6nnc(-c7nc8ccc(-c9ccccc9)cc8s7)o6)c5)o4)sc3c2)cc1. The molecular formula is C36H20N6O2S2. The van der Waals surface area contributed by atoms with E-state index in [1.54, 1.807) is 0 Å². The Morgan fingerprint density at radius 1 is 0.370 bits per heavy atom. The number of aromatic nitrogens is 6. The van der Waals surface area contributed by atoms with Gasteiger partial charge >= 0.3 is 0 Å². The van der Waals surface area contributed by atoms with E-state index in [9.17, 15) is 0 Å². The fraction of sp³-hybridized carbons (Fsp3) is 0. The maximum absolute atomic E-state index is 6.09. The zero-order valence-electron chi connectivity index (χ0n) is 23.9. The number of hydrogen-bond acceptors (Lipinski definition) is 10. The zero-order chi connectivity index (χ0) is 30.5. The van der Waals surface area contributed by atoms with Crippen LogP contribution in [0.1, 0.15) is 0 Å². The van der Waals surface area contributed by atoms with Crippen molar-refractivity contribution in [2.75, 3.05) is 0 Å². The Hall–Kier alpha value is -5.84. The van der Waals surface area contributed by atoms with Gasteiger partial charge in [0.1, 0.15) is 0 Å². The molecular weight excluding hydrogens is 613 g/mol. The van der Waals surface area contributed by atoms with Crippen molar-refractivity contribution in [3.05, 3.63) is 121 Å². The van der Waals surface area contributed by atoms with Crippen LogP contribution in [0, 0.1) is 0 Å². The summed E-state index contributed by atoms with van der Waals surface area (Å²) in [5.74, 6) is 1.49. The van der Waals surface area contributed by atoms with Crippen molar-refractivity contribution >= 4 is 43.1 Å². The molecule has 9 rings (SSSR count). The van der Waals surface area contributed by atoms with Crippen molar-refractivity contribution in [3.63, 3.8) is 0 Å². The molecule has 0 fully saturated rings. The van der Waals surface area contributed by atoms with Crippen LogP contribution in [0.15, 0.2) is 130 Å². The average Bonchev–Trinajstić information content (AvgIpc) is 3.94. The molecule has 0 aliphatic heterocycles. The van der Waals surface area contributed by atoms with Crippen molar-refractivity contribution in [1.82, 2.24) is 30.4 Å². The second kappa shape index (κ2) is 11.0. The monoisotopic (exact) mass is 632 g/mol. The van der Waals surface area contributed by atoms with Crippen LogP contribution in [0.2, 0.25) is 0 Å². The van der Waals surface area contributed by atoms with Crippen molar-refractivity contribution in [2.24, 2.45) is 0 Å². The molecule has 0 amide bonds. The van der Waals surface area contributed by atoms with Crippen LogP contribution in [-0.2, 0) is 0 Å². The normalized spacial score (nSPS) is 11.5. The molecule has 0 radical (unpaired) electrons. The van der Waals surface area contributed by atoms with Crippen LogP contribution in [-0.4, -0.2) is 30.4 Å². The van der Waals surface area contributed by atoms with E-state index in [2.05, 4.69) is 68.9 Å². The Labute approximate surface area is 269 Å². The Balaban J connectivity index is 0.976. The molecule has 8 nitrogen and oxygen atoms in total. The van der Waals surface area contributed by atoms with E-state index in [1.165, 1.54) is 22.7 Å². The summed E-state index contributed by atoms with van der Waals surface area (Å²) in [4.78, 5) is 9.48.